The summed E-state index contributed by atoms with van der Waals surface area (Å²) in [5, 5.41) is 15.4. The fourth-order valence-corrected chi connectivity index (χ4v) is 2.19. The monoisotopic (exact) mass is 284 g/mol. The fourth-order valence-electron chi connectivity index (χ4n) is 2.07. The average Bonchev–Trinajstić information content (AvgIpc) is 2.76. The molecule has 0 fully saturated rings. The summed E-state index contributed by atoms with van der Waals surface area (Å²) in [6, 6.07) is 13.6. The third-order valence-electron chi connectivity index (χ3n) is 2.99. The lowest BCUT2D eigenvalue weighted by molar-refractivity contribution is 0.433. The van der Waals surface area contributed by atoms with Crippen LogP contribution in [-0.2, 0) is 0 Å². The Labute approximate surface area is 121 Å². The van der Waals surface area contributed by atoms with E-state index in [4.69, 9.17) is 11.6 Å². The van der Waals surface area contributed by atoms with Crippen LogP contribution < -0.4 is 0 Å². The van der Waals surface area contributed by atoms with Crippen molar-refractivity contribution in [1.29, 1.82) is 0 Å². The van der Waals surface area contributed by atoms with Crippen molar-refractivity contribution in [2.24, 2.45) is 0 Å². The SMILES string of the molecule is Cc1nn(-c2cc[c]cn2)c(O)c1-c1ccc(Cl)cc1. The summed E-state index contributed by atoms with van der Waals surface area (Å²) in [6.45, 7) is 1.84. The Kier molecular flexibility index (Phi) is 3.16. The number of hydrogen-bond acceptors (Lipinski definition) is 3. The van der Waals surface area contributed by atoms with E-state index in [1.54, 1.807) is 24.3 Å². The van der Waals surface area contributed by atoms with Crippen LogP contribution in [0.15, 0.2) is 42.6 Å². The van der Waals surface area contributed by atoms with Gasteiger partial charge in [0.1, 0.15) is 0 Å². The zero-order valence-electron chi connectivity index (χ0n) is 10.7. The molecule has 1 N–H and O–H groups in total. The molecule has 0 unspecified atom stereocenters. The van der Waals surface area contributed by atoms with Gasteiger partial charge in [-0.3, -0.25) is 0 Å². The molecule has 3 rings (SSSR count). The number of pyridine rings is 1. The third-order valence-corrected chi connectivity index (χ3v) is 3.24. The molecule has 1 radical (unpaired) electrons. The molecule has 2 heterocycles. The van der Waals surface area contributed by atoms with Crippen LogP contribution in [0.25, 0.3) is 16.9 Å². The summed E-state index contributed by atoms with van der Waals surface area (Å²) in [6.07, 6.45) is 1.54. The van der Waals surface area contributed by atoms with Gasteiger partial charge < -0.3 is 5.11 Å². The van der Waals surface area contributed by atoms with Crippen molar-refractivity contribution in [3.8, 4) is 22.8 Å². The van der Waals surface area contributed by atoms with Crippen molar-refractivity contribution in [2.45, 2.75) is 6.92 Å². The van der Waals surface area contributed by atoms with Crippen LogP contribution in [0, 0.1) is 13.0 Å². The molecule has 0 amide bonds. The quantitative estimate of drug-likeness (QED) is 0.785. The van der Waals surface area contributed by atoms with E-state index in [-0.39, 0.29) is 5.88 Å². The first-order chi connectivity index (χ1) is 9.66. The largest absolute Gasteiger partial charge is 0.493 e. The number of rotatable bonds is 2. The first-order valence-corrected chi connectivity index (χ1v) is 6.41. The minimum Gasteiger partial charge on any atom is -0.493 e. The maximum absolute atomic E-state index is 10.4. The van der Waals surface area contributed by atoms with Crippen LogP contribution in [0.4, 0.5) is 0 Å². The predicted octanol–water partition coefficient (Wildman–Crippen LogP) is 3.40. The van der Waals surface area contributed by atoms with Crippen LogP contribution in [0.1, 0.15) is 5.69 Å². The van der Waals surface area contributed by atoms with E-state index in [0.29, 0.717) is 16.4 Å². The molecule has 3 aromatic rings. The van der Waals surface area contributed by atoms with Crippen molar-refractivity contribution in [3.05, 3.63) is 59.4 Å². The van der Waals surface area contributed by atoms with E-state index in [0.717, 1.165) is 11.3 Å². The Balaban J connectivity index is 2.14. The Hall–Kier alpha value is -2.33. The van der Waals surface area contributed by atoms with Gasteiger partial charge in [0.05, 0.1) is 11.3 Å². The normalized spacial score (nSPS) is 10.7. The van der Waals surface area contributed by atoms with E-state index in [1.165, 1.54) is 10.9 Å². The Morgan fingerprint density at radius 2 is 1.95 bits per heavy atom. The van der Waals surface area contributed by atoms with Crippen molar-refractivity contribution in [2.75, 3.05) is 0 Å². The van der Waals surface area contributed by atoms with Gasteiger partial charge in [-0.15, -0.1) is 0 Å². The minimum atomic E-state index is 0.0588. The van der Waals surface area contributed by atoms with Crippen LogP contribution in [-0.4, -0.2) is 19.9 Å². The van der Waals surface area contributed by atoms with Crippen LogP contribution in [0.2, 0.25) is 5.02 Å². The maximum Gasteiger partial charge on any atom is 0.223 e. The second-order valence-corrected chi connectivity index (χ2v) is 4.76. The molecule has 0 aliphatic heterocycles. The van der Waals surface area contributed by atoms with E-state index in [9.17, 15) is 5.11 Å². The molecule has 99 valence electrons. The van der Waals surface area contributed by atoms with E-state index >= 15 is 0 Å². The first-order valence-electron chi connectivity index (χ1n) is 6.04. The van der Waals surface area contributed by atoms with Crippen molar-refractivity contribution < 1.29 is 5.11 Å². The highest BCUT2D eigenvalue weighted by Gasteiger charge is 2.17. The van der Waals surface area contributed by atoms with Gasteiger partial charge in [0.25, 0.3) is 0 Å². The number of aromatic nitrogens is 3. The van der Waals surface area contributed by atoms with Gasteiger partial charge in [-0.05, 0) is 36.8 Å². The minimum absolute atomic E-state index is 0.0588. The lowest BCUT2D eigenvalue weighted by Gasteiger charge is -2.03. The molecule has 0 saturated carbocycles. The van der Waals surface area contributed by atoms with Crippen LogP contribution >= 0.6 is 11.6 Å². The molecule has 0 atom stereocenters. The summed E-state index contributed by atoms with van der Waals surface area (Å²) in [4.78, 5) is 4.14. The molecule has 2 aromatic heterocycles. The zero-order chi connectivity index (χ0) is 14.1. The van der Waals surface area contributed by atoms with Gasteiger partial charge in [-0.2, -0.15) is 9.78 Å². The van der Waals surface area contributed by atoms with E-state index in [2.05, 4.69) is 16.1 Å². The number of benzene rings is 1. The summed E-state index contributed by atoms with van der Waals surface area (Å²) in [7, 11) is 0. The smallest absolute Gasteiger partial charge is 0.223 e. The Morgan fingerprint density at radius 3 is 2.60 bits per heavy atom. The van der Waals surface area contributed by atoms with Crippen LogP contribution in [0.3, 0.4) is 0 Å². The maximum atomic E-state index is 10.4. The second kappa shape index (κ2) is 4.98. The van der Waals surface area contributed by atoms with Crippen LogP contribution in [0.5, 0.6) is 5.88 Å². The topological polar surface area (TPSA) is 50.9 Å². The molecule has 0 saturated heterocycles. The average molecular weight is 285 g/mol. The van der Waals surface area contributed by atoms with Gasteiger partial charge in [0.2, 0.25) is 5.88 Å². The van der Waals surface area contributed by atoms with Crippen molar-refractivity contribution in [1.82, 2.24) is 14.8 Å². The molecular weight excluding hydrogens is 274 g/mol. The number of halogens is 1. The number of aryl methyl sites for hydroxylation is 1. The highest BCUT2D eigenvalue weighted by atomic mass is 35.5. The lowest BCUT2D eigenvalue weighted by atomic mass is 10.1. The molecule has 0 aliphatic rings. The van der Waals surface area contributed by atoms with Crippen molar-refractivity contribution >= 4 is 11.6 Å². The Morgan fingerprint density at radius 1 is 1.20 bits per heavy atom. The first kappa shape index (κ1) is 12.7. The predicted molar refractivity (Wildman–Crippen MR) is 77.0 cm³/mol. The molecule has 20 heavy (non-hydrogen) atoms. The summed E-state index contributed by atoms with van der Waals surface area (Å²) in [5.74, 6) is 0.605. The molecule has 0 bridgehead atoms. The summed E-state index contributed by atoms with van der Waals surface area (Å²) >= 11 is 5.88. The van der Waals surface area contributed by atoms with Gasteiger partial charge in [0.15, 0.2) is 5.82 Å². The molecule has 4 nitrogen and oxygen atoms in total. The number of nitrogens with zero attached hydrogens (tertiary/aromatic N) is 3. The molecule has 0 aliphatic carbocycles. The molecule has 5 heteroatoms. The highest BCUT2D eigenvalue weighted by molar-refractivity contribution is 6.30. The van der Waals surface area contributed by atoms with Gasteiger partial charge in [0, 0.05) is 17.3 Å². The van der Waals surface area contributed by atoms with E-state index < -0.39 is 0 Å². The number of aromatic hydroxyl groups is 1. The van der Waals surface area contributed by atoms with Gasteiger partial charge in [-0.1, -0.05) is 23.7 Å². The molecular formula is C15H11ClN3O. The fraction of sp³-hybridized carbons (Fsp3) is 0.0667. The summed E-state index contributed by atoms with van der Waals surface area (Å²) in [5.41, 5.74) is 2.26. The highest BCUT2D eigenvalue weighted by Crippen LogP contribution is 2.34. The molecule has 1 aromatic carbocycles. The Bertz CT molecular complexity index is 736. The van der Waals surface area contributed by atoms with Crippen molar-refractivity contribution in [3.63, 3.8) is 0 Å². The summed E-state index contributed by atoms with van der Waals surface area (Å²) < 4.78 is 1.41. The zero-order valence-corrected chi connectivity index (χ0v) is 11.5. The third kappa shape index (κ3) is 2.14. The van der Waals surface area contributed by atoms with Gasteiger partial charge in [-0.25, -0.2) is 4.98 Å². The second-order valence-electron chi connectivity index (χ2n) is 4.32. The van der Waals surface area contributed by atoms with E-state index in [1.807, 2.05) is 19.1 Å². The number of hydrogen-bond donors (Lipinski definition) is 1. The lowest BCUT2D eigenvalue weighted by Crippen LogP contribution is -1.98. The molecule has 0 spiro atoms. The standard InChI is InChI=1S/C15H11ClN3O/c1-10-14(11-5-7-12(16)8-6-11)15(20)19(18-10)13-4-2-3-9-17-13/h2,4-9,20H,1H3. The van der Waals surface area contributed by atoms with Gasteiger partial charge >= 0.3 is 0 Å².